The molecule has 2 aliphatic rings. The van der Waals surface area contributed by atoms with Crippen LogP contribution in [-0.2, 0) is 11.2 Å². The number of aromatic amines is 1. The zero-order valence-corrected chi connectivity index (χ0v) is 16.6. The van der Waals surface area contributed by atoms with E-state index in [-0.39, 0.29) is 11.8 Å². The Balaban J connectivity index is 1.83. The molecule has 0 saturated carbocycles. The first kappa shape index (κ1) is 16.9. The van der Waals surface area contributed by atoms with Crippen LogP contribution < -0.4 is 0 Å². The molecule has 132 valence electrons. The Hall–Kier alpha value is -1.59. The number of nitrogens with one attached hydrogen (secondary N) is 1. The molecule has 2 heterocycles. The number of nitrogens with zero attached hydrogens (tertiary/aromatic N) is 2. The van der Waals surface area contributed by atoms with E-state index in [1.54, 1.807) is 0 Å². The van der Waals surface area contributed by atoms with E-state index in [4.69, 9.17) is 0 Å². The lowest BCUT2D eigenvalue weighted by molar-refractivity contribution is -0.134. The van der Waals surface area contributed by atoms with Gasteiger partial charge in [0.25, 0.3) is 0 Å². The van der Waals surface area contributed by atoms with E-state index in [0.717, 1.165) is 30.7 Å². The van der Waals surface area contributed by atoms with Gasteiger partial charge in [-0.15, -0.1) is 0 Å². The van der Waals surface area contributed by atoms with Crippen molar-refractivity contribution in [2.75, 3.05) is 26.7 Å². The summed E-state index contributed by atoms with van der Waals surface area (Å²) in [6, 6.07) is 6.76. The van der Waals surface area contributed by atoms with Gasteiger partial charge in [0.1, 0.15) is 0 Å². The predicted octanol–water partition coefficient (Wildman–Crippen LogP) is 3.67. The van der Waals surface area contributed by atoms with Gasteiger partial charge in [-0.2, -0.15) is 0 Å². The van der Waals surface area contributed by atoms with Gasteiger partial charge >= 0.3 is 0 Å². The first-order valence-corrected chi connectivity index (χ1v) is 9.84. The third kappa shape index (κ3) is 2.56. The molecule has 1 aliphatic heterocycles. The molecule has 0 spiro atoms. The minimum Gasteiger partial charge on any atom is -0.349 e. The van der Waals surface area contributed by atoms with Gasteiger partial charge in [0.05, 0.1) is 10.5 Å². The van der Waals surface area contributed by atoms with E-state index in [1.165, 1.54) is 27.6 Å². The van der Waals surface area contributed by atoms with Gasteiger partial charge < -0.3 is 9.88 Å². The summed E-state index contributed by atoms with van der Waals surface area (Å²) >= 11 is 3.69. The number of amides is 1. The van der Waals surface area contributed by atoms with Crippen LogP contribution >= 0.6 is 15.9 Å². The molecule has 0 saturated heterocycles. The fraction of sp³-hybridized carbons (Fsp3) is 0.450. The third-order valence-corrected chi connectivity index (χ3v) is 6.41. The van der Waals surface area contributed by atoms with E-state index >= 15 is 0 Å². The number of carbonyl (C=O) groups excluding carboxylic acids is 1. The van der Waals surface area contributed by atoms with Crippen molar-refractivity contribution in [2.45, 2.75) is 26.3 Å². The smallest absolute Gasteiger partial charge is 0.230 e. The van der Waals surface area contributed by atoms with Crippen molar-refractivity contribution in [1.29, 1.82) is 0 Å². The maximum atomic E-state index is 12.9. The molecule has 1 aromatic heterocycles. The molecule has 1 aromatic carbocycles. The Kier molecular flexibility index (Phi) is 4.24. The van der Waals surface area contributed by atoms with Gasteiger partial charge in [0, 0.05) is 36.6 Å². The van der Waals surface area contributed by atoms with Crippen LogP contribution in [-0.4, -0.2) is 53.4 Å². The first-order valence-electron chi connectivity index (χ1n) is 9.05. The monoisotopic (exact) mass is 401 g/mol. The maximum Gasteiger partial charge on any atom is 0.230 e. The molecule has 1 N–H and O–H groups in total. The van der Waals surface area contributed by atoms with Crippen molar-refractivity contribution in [3.8, 4) is 0 Å². The first-order chi connectivity index (χ1) is 12.0. The lowest BCUT2D eigenvalue weighted by Gasteiger charge is -2.40. The Morgan fingerprint density at radius 3 is 2.84 bits per heavy atom. The highest BCUT2D eigenvalue weighted by molar-refractivity contribution is 9.10. The number of rotatable bonds is 3. The van der Waals surface area contributed by atoms with Crippen molar-refractivity contribution < 1.29 is 4.79 Å². The van der Waals surface area contributed by atoms with Gasteiger partial charge in [-0.05, 0) is 66.0 Å². The number of benzene rings is 1. The highest BCUT2D eigenvalue weighted by Gasteiger charge is 2.37. The van der Waals surface area contributed by atoms with E-state index in [1.807, 2.05) is 4.90 Å². The molecule has 5 heteroatoms. The fourth-order valence-corrected chi connectivity index (χ4v) is 4.99. The zero-order valence-electron chi connectivity index (χ0n) is 15.0. The molecule has 4 rings (SSSR count). The lowest BCUT2D eigenvalue weighted by Crippen LogP contribution is -2.47. The average molecular weight is 402 g/mol. The third-order valence-electron chi connectivity index (χ3n) is 5.73. The maximum absolute atomic E-state index is 12.9. The summed E-state index contributed by atoms with van der Waals surface area (Å²) in [5.41, 5.74) is 5.10. The molecule has 1 unspecified atom stereocenters. The molecule has 2 aromatic rings. The van der Waals surface area contributed by atoms with Crippen LogP contribution in [0.4, 0.5) is 0 Å². The second-order valence-corrected chi connectivity index (χ2v) is 7.84. The summed E-state index contributed by atoms with van der Waals surface area (Å²) < 4.78 is 1.09. The molecular formula is C20H24BrN3O. The van der Waals surface area contributed by atoms with E-state index in [0.29, 0.717) is 6.04 Å². The summed E-state index contributed by atoms with van der Waals surface area (Å²) in [5.74, 6) is 0.186. The number of aromatic nitrogens is 1. The topological polar surface area (TPSA) is 39.3 Å². The normalized spacial score (nSPS) is 22.6. The summed E-state index contributed by atoms with van der Waals surface area (Å²) in [4.78, 5) is 20.7. The van der Waals surface area contributed by atoms with Crippen LogP contribution in [0.2, 0.25) is 0 Å². The number of hydrogen-bond acceptors (Lipinski definition) is 2. The van der Waals surface area contributed by atoms with Crippen LogP contribution in [0.1, 0.15) is 25.0 Å². The quantitative estimate of drug-likeness (QED) is 0.851. The SMILES string of the molecule is CCN(CC)C(=O)C1C=C2c3cccc4[nH]c(Br)c(c34)C[C@@H]2N(C)C1. The molecule has 0 radical (unpaired) electrons. The Bertz CT molecular complexity index is 865. The summed E-state index contributed by atoms with van der Waals surface area (Å²) in [5, 5.41) is 1.31. The molecular weight excluding hydrogens is 378 g/mol. The average Bonchev–Trinajstić information content (AvgIpc) is 2.93. The molecule has 1 aliphatic carbocycles. The number of H-pyrrole nitrogens is 1. The van der Waals surface area contributed by atoms with Crippen LogP contribution in [0.5, 0.6) is 0 Å². The second kappa shape index (κ2) is 6.29. The van der Waals surface area contributed by atoms with Gasteiger partial charge in [-0.25, -0.2) is 0 Å². The van der Waals surface area contributed by atoms with Crippen LogP contribution in [0, 0.1) is 5.92 Å². The van der Waals surface area contributed by atoms with Crippen molar-refractivity contribution in [1.82, 2.24) is 14.8 Å². The van der Waals surface area contributed by atoms with Gasteiger partial charge in [0.2, 0.25) is 5.91 Å². The standard InChI is InChI=1S/C20H24BrN3O/c1-4-24(5-2)20(25)12-9-14-13-7-6-8-16-18(13)15(19(21)22-16)10-17(14)23(3)11-12/h6-9,12,17,22H,4-5,10-11H2,1-3H3/t12?,17-/m0/s1. The Morgan fingerprint density at radius 1 is 1.36 bits per heavy atom. The predicted molar refractivity (Wildman–Crippen MR) is 106 cm³/mol. The number of hydrogen-bond donors (Lipinski definition) is 1. The van der Waals surface area contributed by atoms with Crippen LogP contribution in [0.25, 0.3) is 16.5 Å². The molecule has 0 bridgehead atoms. The number of likely N-dealkylation sites (N-methyl/N-ethyl adjacent to an activating group) is 1. The molecule has 0 fully saturated rings. The van der Waals surface area contributed by atoms with Gasteiger partial charge in [0.15, 0.2) is 0 Å². The number of carbonyl (C=O) groups is 1. The summed E-state index contributed by atoms with van der Waals surface area (Å²) in [6.07, 6.45) is 3.22. The highest BCUT2D eigenvalue weighted by Crippen LogP contribution is 2.43. The molecule has 1 amide bonds. The number of halogens is 1. The lowest BCUT2D eigenvalue weighted by atomic mass is 9.79. The van der Waals surface area contributed by atoms with Crippen molar-refractivity contribution in [3.05, 3.63) is 40.0 Å². The highest BCUT2D eigenvalue weighted by atomic mass is 79.9. The van der Waals surface area contributed by atoms with Crippen LogP contribution in [0.15, 0.2) is 28.9 Å². The minimum absolute atomic E-state index is 0.0599. The number of fused-ring (bicyclic) bond motifs is 2. The second-order valence-electron chi connectivity index (χ2n) is 7.04. The Morgan fingerprint density at radius 2 is 2.12 bits per heavy atom. The minimum atomic E-state index is -0.0599. The summed E-state index contributed by atoms with van der Waals surface area (Å²) in [6.45, 7) is 6.43. The zero-order chi connectivity index (χ0) is 17.7. The molecule has 2 atom stereocenters. The van der Waals surface area contributed by atoms with E-state index < -0.39 is 0 Å². The van der Waals surface area contributed by atoms with Crippen molar-refractivity contribution >= 4 is 38.3 Å². The summed E-state index contributed by atoms with van der Waals surface area (Å²) in [7, 11) is 2.14. The molecule has 25 heavy (non-hydrogen) atoms. The Labute approximate surface area is 157 Å². The van der Waals surface area contributed by atoms with Crippen LogP contribution in [0.3, 0.4) is 0 Å². The fourth-order valence-electron chi connectivity index (χ4n) is 4.42. The van der Waals surface area contributed by atoms with Crippen molar-refractivity contribution in [3.63, 3.8) is 0 Å². The van der Waals surface area contributed by atoms with E-state index in [9.17, 15) is 4.79 Å². The van der Waals surface area contributed by atoms with Crippen molar-refractivity contribution in [2.24, 2.45) is 5.92 Å². The molecule has 4 nitrogen and oxygen atoms in total. The van der Waals surface area contributed by atoms with Gasteiger partial charge in [-0.3, -0.25) is 9.69 Å². The van der Waals surface area contributed by atoms with Gasteiger partial charge in [-0.1, -0.05) is 18.2 Å². The largest absolute Gasteiger partial charge is 0.349 e. The van der Waals surface area contributed by atoms with E-state index in [2.05, 4.69) is 71.0 Å².